The van der Waals surface area contributed by atoms with E-state index in [9.17, 15) is 13.6 Å². The van der Waals surface area contributed by atoms with Gasteiger partial charge in [0.1, 0.15) is 11.5 Å². The van der Waals surface area contributed by atoms with Gasteiger partial charge in [-0.2, -0.15) is 4.68 Å². The highest BCUT2D eigenvalue weighted by atomic mass is 19.2. The smallest absolute Gasteiger partial charge is 0.255 e. The van der Waals surface area contributed by atoms with Crippen LogP contribution < -0.4 is 5.73 Å². The molecule has 0 saturated carbocycles. The molecule has 146 valence electrons. The van der Waals surface area contributed by atoms with Crippen LogP contribution in [-0.2, 0) is 0 Å². The molecule has 10 heteroatoms. The lowest BCUT2D eigenvalue weighted by molar-refractivity contribution is 0.0793. The Kier molecular flexibility index (Phi) is 5.57. The molecule has 1 aromatic carbocycles. The van der Waals surface area contributed by atoms with Crippen molar-refractivity contribution in [1.29, 1.82) is 0 Å². The number of nitrogens with two attached hydrogens (primary N) is 1. The predicted molar refractivity (Wildman–Crippen MR) is 98.6 cm³/mol. The molecule has 2 N–H and O–H groups in total. The van der Waals surface area contributed by atoms with Gasteiger partial charge in [-0.15, -0.1) is 5.10 Å². The topological polar surface area (TPSA) is 103 Å². The van der Waals surface area contributed by atoms with Gasteiger partial charge in [0, 0.05) is 19.8 Å². The second-order valence-electron chi connectivity index (χ2n) is 6.22. The van der Waals surface area contributed by atoms with Gasteiger partial charge in [-0.3, -0.25) is 4.79 Å². The molecule has 0 aliphatic heterocycles. The van der Waals surface area contributed by atoms with Crippen molar-refractivity contribution in [3.63, 3.8) is 0 Å². The standard InChI is InChI=1S/C18H19F2N7O/c1-3-4-8-26(2)18(28)11-9-12(16(21)22-10-11)17-23-24-25-27(17)14-7-5-6-13(19)15(14)20/h5-7,9-10H,3-4,8H2,1-2H3,(H2,21,22). The summed E-state index contributed by atoms with van der Waals surface area (Å²) in [6.07, 6.45) is 3.19. The van der Waals surface area contributed by atoms with Crippen LogP contribution in [0.3, 0.4) is 0 Å². The summed E-state index contributed by atoms with van der Waals surface area (Å²) in [4.78, 5) is 18.2. The summed E-state index contributed by atoms with van der Waals surface area (Å²) in [6, 6.07) is 5.15. The first-order valence-electron chi connectivity index (χ1n) is 8.68. The second-order valence-corrected chi connectivity index (χ2v) is 6.22. The van der Waals surface area contributed by atoms with Crippen molar-refractivity contribution < 1.29 is 13.6 Å². The number of nitrogens with zero attached hydrogens (tertiary/aromatic N) is 6. The van der Waals surface area contributed by atoms with Crippen LogP contribution in [-0.4, -0.2) is 49.6 Å². The van der Waals surface area contributed by atoms with Crippen molar-refractivity contribution in [2.75, 3.05) is 19.3 Å². The molecule has 1 amide bonds. The summed E-state index contributed by atoms with van der Waals surface area (Å²) in [5.41, 5.74) is 6.28. The Hall–Kier alpha value is -3.43. The number of carbonyl (C=O) groups excluding carboxylic acids is 1. The predicted octanol–water partition coefficient (Wildman–Crippen LogP) is 2.46. The van der Waals surface area contributed by atoms with Crippen LogP contribution in [0.2, 0.25) is 0 Å². The van der Waals surface area contributed by atoms with Crippen LogP contribution in [0.25, 0.3) is 17.1 Å². The maximum absolute atomic E-state index is 14.2. The second kappa shape index (κ2) is 8.07. The lowest BCUT2D eigenvalue weighted by Crippen LogP contribution is -2.28. The van der Waals surface area contributed by atoms with E-state index in [1.807, 2.05) is 6.92 Å². The van der Waals surface area contributed by atoms with Crippen LogP contribution in [0, 0.1) is 11.6 Å². The number of halogens is 2. The number of aromatic nitrogens is 5. The number of tetrazole rings is 1. The first-order chi connectivity index (χ1) is 13.4. The van der Waals surface area contributed by atoms with Gasteiger partial charge in [0.05, 0.1) is 11.1 Å². The third-order valence-electron chi connectivity index (χ3n) is 4.23. The Bertz CT molecular complexity index is 1010. The van der Waals surface area contributed by atoms with Gasteiger partial charge >= 0.3 is 0 Å². The first-order valence-corrected chi connectivity index (χ1v) is 8.68. The van der Waals surface area contributed by atoms with Crippen LogP contribution in [0.15, 0.2) is 30.5 Å². The van der Waals surface area contributed by atoms with E-state index < -0.39 is 11.6 Å². The lowest BCUT2D eigenvalue weighted by atomic mass is 10.1. The number of amides is 1. The van der Waals surface area contributed by atoms with E-state index in [4.69, 9.17) is 5.73 Å². The third-order valence-corrected chi connectivity index (χ3v) is 4.23. The number of unbranched alkanes of at least 4 members (excludes halogenated alkanes) is 1. The Labute approximate surface area is 160 Å². The third kappa shape index (κ3) is 3.66. The Morgan fingerprint density at radius 1 is 1.32 bits per heavy atom. The molecule has 3 aromatic rings. The summed E-state index contributed by atoms with van der Waals surface area (Å²) in [5, 5.41) is 11.1. The molecule has 0 aliphatic carbocycles. The summed E-state index contributed by atoms with van der Waals surface area (Å²) < 4.78 is 28.8. The molecule has 0 atom stereocenters. The normalized spacial score (nSPS) is 10.9. The average Bonchev–Trinajstić information content (AvgIpc) is 3.17. The zero-order valence-electron chi connectivity index (χ0n) is 15.4. The van der Waals surface area contributed by atoms with E-state index in [0.29, 0.717) is 6.54 Å². The molecule has 0 spiro atoms. The number of rotatable bonds is 6. The minimum absolute atomic E-state index is 0.0420. The molecule has 0 fully saturated rings. The minimum atomic E-state index is -1.10. The molecule has 2 heterocycles. The molecule has 0 aliphatic rings. The molecule has 2 aromatic heterocycles. The van der Waals surface area contributed by atoms with Gasteiger partial charge in [-0.25, -0.2) is 13.8 Å². The number of hydrogen-bond acceptors (Lipinski definition) is 6. The summed E-state index contributed by atoms with van der Waals surface area (Å²) in [6.45, 7) is 2.63. The number of nitrogen functional groups attached to an aromatic ring is 1. The maximum atomic E-state index is 14.2. The van der Waals surface area contributed by atoms with E-state index in [1.54, 1.807) is 11.9 Å². The van der Waals surface area contributed by atoms with E-state index >= 15 is 0 Å². The zero-order valence-corrected chi connectivity index (χ0v) is 15.4. The first kappa shape index (κ1) is 19.3. The molecule has 0 bridgehead atoms. The fraction of sp³-hybridized carbons (Fsp3) is 0.278. The van der Waals surface area contributed by atoms with Crippen molar-refractivity contribution in [2.24, 2.45) is 0 Å². The van der Waals surface area contributed by atoms with Crippen molar-refractivity contribution >= 4 is 11.7 Å². The lowest BCUT2D eigenvalue weighted by Gasteiger charge is -2.17. The molecular formula is C18H19F2N7O. The van der Waals surface area contributed by atoms with E-state index in [1.165, 1.54) is 24.4 Å². The monoisotopic (exact) mass is 387 g/mol. The van der Waals surface area contributed by atoms with Gasteiger partial charge in [0.2, 0.25) is 0 Å². The van der Waals surface area contributed by atoms with Crippen molar-refractivity contribution in [2.45, 2.75) is 19.8 Å². The molecule has 0 unspecified atom stereocenters. The highest BCUT2D eigenvalue weighted by Gasteiger charge is 2.21. The number of anilines is 1. The fourth-order valence-corrected chi connectivity index (χ4v) is 2.66. The van der Waals surface area contributed by atoms with Gasteiger partial charge in [0.25, 0.3) is 5.91 Å². The van der Waals surface area contributed by atoms with Crippen molar-refractivity contribution in [3.05, 3.63) is 47.7 Å². The van der Waals surface area contributed by atoms with Gasteiger partial charge in [0.15, 0.2) is 17.5 Å². The van der Waals surface area contributed by atoms with Gasteiger partial charge < -0.3 is 10.6 Å². The quantitative estimate of drug-likeness (QED) is 0.697. The number of carbonyl (C=O) groups is 1. The number of hydrogen-bond donors (Lipinski definition) is 1. The maximum Gasteiger partial charge on any atom is 0.255 e. The van der Waals surface area contributed by atoms with Gasteiger partial charge in [-0.1, -0.05) is 19.4 Å². The Morgan fingerprint density at radius 3 is 2.86 bits per heavy atom. The largest absolute Gasteiger partial charge is 0.383 e. The minimum Gasteiger partial charge on any atom is -0.383 e. The summed E-state index contributed by atoms with van der Waals surface area (Å²) in [5.74, 6) is -2.28. The van der Waals surface area contributed by atoms with Crippen LogP contribution in [0.1, 0.15) is 30.1 Å². The van der Waals surface area contributed by atoms with Gasteiger partial charge in [-0.05, 0) is 35.0 Å². The summed E-state index contributed by atoms with van der Waals surface area (Å²) in [7, 11) is 1.69. The van der Waals surface area contributed by atoms with Crippen molar-refractivity contribution in [3.8, 4) is 17.1 Å². The zero-order chi connectivity index (χ0) is 20.3. The Balaban J connectivity index is 2.03. The molecule has 8 nitrogen and oxygen atoms in total. The molecular weight excluding hydrogens is 368 g/mol. The van der Waals surface area contributed by atoms with E-state index in [-0.39, 0.29) is 34.4 Å². The highest BCUT2D eigenvalue weighted by molar-refractivity contribution is 5.95. The average molecular weight is 387 g/mol. The summed E-state index contributed by atoms with van der Waals surface area (Å²) >= 11 is 0. The molecule has 0 saturated heterocycles. The van der Waals surface area contributed by atoms with Crippen molar-refractivity contribution in [1.82, 2.24) is 30.1 Å². The number of benzene rings is 1. The molecule has 0 radical (unpaired) electrons. The Morgan fingerprint density at radius 2 is 2.11 bits per heavy atom. The molecule has 3 rings (SSSR count). The van der Waals surface area contributed by atoms with Crippen LogP contribution >= 0.6 is 0 Å². The fourth-order valence-electron chi connectivity index (χ4n) is 2.66. The van der Waals surface area contributed by atoms with E-state index in [2.05, 4.69) is 20.5 Å². The number of pyridine rings is 1. The highest BCUT2D eigenvalue weighted by Crippen LogP contribution is 2.26. The molecule has 28 heavy (non-hydrogen) atoms. The SMILES string of the molecule is CCCCN(C)C(=O)c1cnc(N)c(-c2nnnn2-c2cccc(F)c2F)c1. The van der Waals surface area contributed by atoms with Crippen LogP contribution in [0.4, 0.5) is 14.6 Å². The van der Waals surface area contributed by atoms with Crippen LogP contribution in [0.5, 0.6) is 0 Å². The van der Waals surface area contributed by atoms with E-state index in [0.717, 1.165) is 23.6 Å².